The normalized spacial score (nSPS) is 13.7. The van der Waals surface area contributed by atoms with Crippen LogP contribution in [-0.2, 0) is 6.54 Å². The van der Waals surface area contributed by atoms with Gasteiger partial charge in [0.2, 0.25) is 5.88 Å². The van der Waals surface area contributed by atoms with E-state index in [2.05, 4.69) is 23.9 Å². The van der Waals surface area contributed by atoms with E-state index in [4.69, 9.17) is 16.1 Å². The molecule has 1 fully saturated rings. The fourth-order valence-corrected chi connectivity index (χ4v) is 4.19. The van der Waals surface area contributed by atoms with Gasteiger partial charge in [0.1, 0.15) is 5.69 Å². The molecule has 31 heavy (non-hydrogen) atoms. The third-order valence-electron chi connectivity index (χ3n) is 5.52. The van der Waals surface area contributed by atoms with E-state index in [9.17, 15) is 4.79 Å². The predicted molar refractivity (Wildman–Crippen MR) is 124 cm³/mol. The summed E-state index contributed by atoms with van der Waals surface area (Å²) < 4.78 is 5.86. The van der Waals surface area contributed by atoms with E-state index in [0.29, 0.717) is 29.6 Å². The minimum absolute atomic E-state index is 0.0158. The summed E-state index contributed by atoms with van der Waals surface area (Å²) in [7, 11) is 0. The van der Waals surface area contributed by atoms with Gasteiger partial charge in [-0.05, 0) is 43.0 Å². The number of nitrogens with zero attached hydrogens (tertiary/aromatic N) is 3. The molecule has 0 bridgehead atoms. The molecule has 1 saturated heterocycles. The number of hydrogen-bond donors (Lipinski definition) is 0. The molecule has 1 aliphatic rings. The van der Waals surface area contributed by atoms with Crippen LogP contribution in [-0.4, -0.2) is 35.6 Å². The van der Waals surface area contributed by atoms with Crippen molar-refractivity contribution in [3.05, 3.63) is 70.7 Å². The van der Waals surface area contributed by atoms with Gasteiger partial charge in [0, 0.05) is 35.8 Å². The molecular formula is C25H28ClN3O2. The Morgan fingerprint density at radius 2 is 1.77 bits per heavy atom. The van der Waals surface area contributed by atoms with Crippen LogP contribution in [0.2, 0.25) is 5.02 Å². The molecule has 1 amide bonds. The zero-order valence-electron chi connectivity index (χ0n) is 18.1. The maximum absolute atomic E-state index is 13.4. The summed E-state index contributed by atoms with van der Waals surface area (Å²) in [5.41, 5.74) is 3.40. The zero-order chi connectivity index (χ0) is 21.8. The van der Waals surface area contributed by atoms with Crippen LogP contribution in [0.5, 0.6) is 0 Å². The molecule has 0 saturated carbocycles. The average molecular weight is 438 g/mol. The van der Waals surface area contributed by atoms with Crippen molar-refractivity contribution in [3.63, 3.8) is 0 Å². The highest BCUT2D eigenvalue weighted by atomic mass is 35.5. The molecule has 0 spiro atoms. The number of carbonyl (C=O) groups excluding carboxylic acids is 1. The molecule has 0 unspecified atom stereocenters. The topological polar surface area (TPSA) is 49.6 Å². The van der Waals surface area contributed by atoms with E-state index in [0.717, 1.165) is 48.6 Å². The van der Waals surface area contributed by atoms with Crippen molar-refractivity contribution in [2.24, 2.45) is 5.92 Å². The second-order valence-corrected chi connectivity index (χ2v) is 8.90. The Kier molecular flexibility index (Phi) is 6.62. The Bertz CT molecular complexity index is 1010. The number of hydrogen-bond acceptors (Lipinski definition) is 4. The van der Waals surface area contributed by atoms with Gasteiger partial charge in [-0.25, -0.2) is 0 Å². The maximum Gasteiger partial charge on any atom is 0.254 e. The lowest BCUT2D eigenvalue weighted by molar-refractivity contribution is 0.0723. The monoisotopic (exact) mass is 437 g/mol. The first kappa shape index (κ1) is 21.4. The number of aromatic nitrogens is 1. The Morgan fingerprint density at radius 1 is 1.10 bits per heavy atom. The van der Waals surface area contributed by atoms with Crippen molar-refractivity contribution in [1.82, 2.24) is 10.1 Å². The highest BCUT2D eigenvalue weighted by Gasteiger charge is 2.28. The summed E-state index contributed by atoms with van der Waals surface area (Å²) in [5.74, 6) is 1.10. The summed E-state index contributed by atoms with van der Waals surface area (Å²) in [5, 5.41) is 5.05. The minimum Gasteiger partial charge on any atom is -0.340 e. The van der Waals surface area contributed by atoms with Crippen molar-refractivity contribution in [2.45, 2.75) is 33.2 Å². The number of rotatable bonds is 7. The second-order valence-electron chi connectivity index (χ2n) is 8.46. The lowest BCUT2D eigenvalue weighted by Gasteiger charge is -2.26. The van der Waals surface area contributed by atoms with Gasteiger partial charge in [-0.2, -0.15) is 0 Å². The van der Waals surface area contributed by atoms with Crippen LogP contribution in [0.25, 0.3) is 11.3 Å². The van der Waals surface area contributed by atoms with Crippen LogP contribution >= 0.6 is 11.6 Å². The zero-order valence-corrected chi connectivity index (χ0v) is 18.8. The van der Waals surface area contributed by atoms with Crippen LogP contribution in [0.1, 0.15) is 42.6 Å². The first-order valence-electron chi connectivity index (χ1n) is 10.9. The molecule has 0 N–H and O–H groups in total. The first-order chi connectivity index (χ1) is 15.0. The van der Waals surface area contributed by atoms with E-state index < -0.39 is 0 Å². The highest BCUT2D eigenvalue weighted by molar-refractivity contribution is 6.30. The van der Waals surface area contributed by atoms with Crippen molar-refractivity contribution in [3.8, 4) is 11.3 Å². The molecular weight excluding hydrogens is 410 g/mol. The lowest BCUT2D eigenvalue weighted by Crippen LogP contribution is -2.34. The smallest absolute Gasteiger partial charge is 0.254 e. The molecule has 2 heterocycles. The van der Waals surface area contributed by atoms with E-state index in [1.165, 1.54) is 0 Å². The Morgan fingerprint density at radius 3 is 2.42 bits per heavy atom. The van der Waals surface area contributed by atoms with Crippen molar-refractivity contribution >= 4 is 23.4 Å². The molecule has 6 heteroatoms. The fraction of sp³-hybridized carbons (Fsp3) is 0.360. The first-order valence-corrected chi connectivity index (χ1v) is 11.2. The van der Waals surface area contributed by atoms with Gasteiger partial charge >= 0.3 is 0 Å². The molecule has 5 nitrogen and oxygen atoms in total. The lowest BCUT2D eigenvalue weighted by atomic mass is 10.1. The third-order valence-corrected chi connectivity index (χ3v) is 5.77. The molecule has 0 atom stereocenters. The van der Waals surface area contributed by atoms with Gasteiger partial charge in [0.15, 0.2) is 0 Å². The Hall–Kier alpha value is -2.79. The van der Waals surface area contributed by atoms with E-state index in [1.54, 1.807) is 24.3 Å². The standard InChI is InChI=1S/C25H28ClN3O2/c1-18(2)16-29(24(30)20-10-12-21(26)13-11-20)17-22-23(19-8-4-3-5-9-19)27-31-25(22)28-14-6-7-15-28/h3-5,8-13,18H,6-7,14-17H2,1-2H3. The molecule has 3 aromatic rings. The van der Waals surface area contributed by atoms with E-state index in [-0.39, 0.29) is 5.91 Å². The quantitative estimate of drug-likeness (QED) is 0.462. The van der Waals surface area contributed by atoms with Crippen LogP contribution in [0.15, 0.2) is 59.1 Å². The van der Waals surface area contributed by atoms with E-state index in [1.807, 2.05) is 35.2 Å². The maximum atomic E-state index is 13.4. The molecule has 1 aliphatic heterocycles. The average Bonchev–Trinajstić information content (AvgIpc) is 3.43. The SMILES string of the molecule is CC(C)CN(Cc1c(-c2ccccc2)noc1N1CCCC1)C(=O)c1ccc(Cl)cc1. The molecule has 2 aromatic carbocycles. The second kappa shape index (κ2) is 9.56. The molecule has 162 valence electrons. The Balaban J connectivity index is 1.71. The summed E-state index contributed by atoms with van der Waals surface area (Å²) in [4.78, 5) is 17.6. The molecule has 0 radical (unpaired) electrons. The van der Waals surface area contributed by atoms with Gasteiger partial charge in [0.25, 0.3) is 5.91 Å². The fourth-order valence-electron chi connectivity index (χ4n) is 4.06. The highest BCUT2D eigenvalue weighted by Crippen LogP contribution is 2.34. The van der Waals surface area contributed by atoms with Crippen molar-refractivity contribution in [1.29, 1.82) is 0 Å². The van der Waals surface area contributed by atoms with Crippen LogP contribution in [0.3, 0.4) is 0 Å². The molecule has 4 rings (SSSR count). The van der Waals surface area contributed by atoms with Gasteiger partial charge in [-0.1, -0.05) is 60.9 Å². The van der Waals surface area contributed by atoms with Crippen molar-refractivity contribution in [2.75, 3.05) is 24.5 Å². The number of anilines is 1. The van der Waals surface area contributed by atoms with Gasteiger partial charge < -0.3 is 14.3 Å². The number of carbonyl (C=O) groups is 1. The predicted octanol–water partition coefficient (Wildman–Crippen LogP) is 5.89. The van der Waals surface area contributed by atoms with Gasteiger partial charge in [-0.15, -0.1) is 0 Å². The summed E-state index contributed by atoms with van der Waals surface area (Å²) in [6.07, 6.45) is 2.28. The summed E-state index contributed by atoms with van der Waals surface area (Å²) >= 11 is 6.03. The van der Waals surface area contributed by atoms with Crippen molar-refractivity contribution < 1.29 is 9.32 Å². The number of amides is 1. The number of halogens is 1. The minimum atomic E-state index is -0.0158. The van der Waals surface area contributed by atoms with Crippen LogP contribution in [0, 0.1) is 5.92 Å². The van der Waals surface area contributed by atoms with E-state index >= 15 is 0 Å². The third kappa shape index (κ3) is 4.93. The van der Waals surface area contributed by atoms with Gasteiger partial charge in [0.05, 0.1) is 12.1 Å². The summed E-state index contributed by atoms with van der Waals surface area (Å²) in [6, 6.07) is 17.1. The number of benzene rings is 2. The molecule has 1 aromatic heterocycles. The summed E-state index contributed by atoms with van der Waals surface area (Å²) in [6.45, 7) is 7.22. The Labute approximate surface area is 188 Å². The molecule has 0 aliphatic carbocycles. The van der Waals surface area contributed by atoms with Crippen LogP contribution in [0.4, 0.5) is 5.88 Å². The largest absolute Gasteiger partial charge is 0.340 e. The van der Waals surface area contributed by atoms with Crippen LogP contribution < -0.4 is 4.90 Å². The van der Waals surface area contributed by atoms with Gasteiger partial charge in [-0.3, -0.25) is 4.79 Å².